The van der Waals surface area contributed by atoms with Crippen LogP contribution in [-0.4, -0.2) is 48.9 Å². The van der Waals surface area contributed by atoms with Crippen molar-refractivity contribution in [3.63, 3.8) is 0 Å². The van der Waals surface area contributed by atoms with Crippen molar-refractivity contribution >= 4 is 6.09 Å². The number of amides is 1. The summed E-state index contributed by atoms with van der Waals surface area (Å²) in [6, 6.07) is 0.181. The molecule has 122 valence electrons. The third-order valence-electron chi connectivity index (χ3n) is 4.43. The normalized spacial score (nSPS) is 25.9. The second-order valence-electron chi connectivity index (χ2n) is 7.43. The molecule has 2 N–H and O–H groups in total. The van der Waals surface area contributed by atoms with E-state index in [0.717, 1.165) is 52.0 Å². The minimum atomic E-state index is -0.431. The van der Waals surface area contributed by atoms with Gasteiger partial charge in [-0.3, -0.25) is 0 Å². The number of nitrogens with two attached hydrogens (primary N) is 1. The highest BCUT2D eigenvalue weighted by atomic mass is 16.6. The molecule has 2 heterocycles. The van der Waals surface area contributed by atoms with Crippen molar-refractivity contribution in [2.45, 2.75) is 58.1 Å². The molecule has 2 fully saturated rings. The lowest BCUT2D eigenvalue weighted by Crippen LogP contribution is -2.38. The van der Waals surface area contributed by atoms with Gasteiger partial charge in [0.15, 0.2) is 0 Å². The molecule has 21 heavy (non-hydrogen) atoms. The number of likely N-dealkylation sites (tertiary alicyclic amines) is 1. The van der Waals surface area contributed by atoms with Crippen molar-refractivity contribution in [1.29, 1.82) is 0 Å². The zero-order chi connectivity index (χ0) is 15.5. The molecular weight excluding hydrogens is 268 g/mol. The van der Waals surface area contributed by atoms with Gasteiger partial charge in [0.05, 0.1) is 0 Å². The molecule has 2 rings (SSSR count). The molecule has 5 heteroatoms. The van der Waals surface area contributed by atoms with Crippen LogP contribution in [0.25, 0.3) is 0 Å². The topological polar surface area (TPSA) is 64.8 Å². The fourth-order valence-electron chi connectivity index (χ4n) is 3.19. The molecule has 0 aromatic rings. The summed E-state index contributed by atoms with van der Waals surface area (Å²) in [4.78, 5) is 13.9. The third-order valence-corrected chi connectivity index (χ3v) is 4.43. The molecule has 0 spiro atoms. The number of rotatable bonds is 3. The van der Waals surface area contributed by atoms with Gasteiger partial charge in [-0.15, -0.1) is 0 Å². The minimum absolute atomic E-state index is 0.181. The average Bonchev–Trinajstić information content (AvgIpc) is 2.87. The number of nitrogens with zero attached hydrogens (tertiary/aromatic N) is 1. The Morgan fingerprint density at radius 2 is 2.00 bits per heavy atom. The Kier molecular flexibility index (Phi) is 5.49. The molecule has 2 aliphatic rings. The maximum atomic E-state index is 12.1. The highest BCUT2D eigenvalue weighted by molar-refractivity contribution is 5.68. The Balaban J connectivity index is 1.77. The second kappa shape index (κ2) is 6.97. The Labute approximate surface area is 128 Å². The predicted molar refractivity (Wildman–Crippen MR) is 82.0 cm³/mol. The van der Waals surface area contributed by atoms with Crippen LogP contribution in [-0.2, 0) is 9.47 Å². The van der Waals surface area contributed by atoms with Crippen LogP contribution >= 0.6 is 0 Å². The van der Waals surface area contributed by atoms with Gasteiger partial charge in [-0.2, -0.15) is 0 Å². The van der Waals surface area contributed by atoms with Gasteiger partial charge >= 0.3 is 6.09 Å². The number of carbonyl (C=O) groups excluding carboxylic acids is 1. The van der Waals surface area contributed by atoms with E-state index in [1.165, 1.54) is 0 Å². The second-order valence-corrected chi connectivity index (χ2v) is 7.43. The number of hydrogen-bond acceptors (Lipinski definition) is 4. The lowest BCUT2D eigenvalue weighted by atomic mass is 9.87. The maximum Gasteiger partial charge on any atom is 0.410 e. The first-order chi connectivity index (χ1) is 9.85. The van der Waals surface area contributed by atoms with E-state index in [1.807, 2.05) is 20.8 Å². The van der Waals surface area contributed by atoms with Gasteiger partial charge in [-0.1, -0.05) is 0 Å². The van der Waals surface area contributed by atoms with Crippen LogP contribution in [0.15, 0.2) is 0 Å². The highest BCUT2D eigenvalue weighted by Gasteiger charge is 2.33. The molecule has 2 unspecified atom stereocenters. The Morgan fingerprint density at radius 1 is 1.33 bits per heavy atom. The number of carbonyl (C=O) groups is 1. The van der Waals surface area contributed by atoms with Crippen molar-refractivity contribution in [3.8, 4) is 0 Å². The van der Waals surface area contributed by atoms with Crippen LogP contribution in [0, 0.1) is 11.8 Å². The van der Waals surface area contributed by atoms with Crippen LogP contribution < -0.4 is 5.73 Å². The van der Waals surface area contributed by atoms with E-state index in [1.54, 1.807) is 4.90 Å². The van der Waals surface area contributed by atoms with Crippen molar-refractivity contribution in [2.24, 2.45) is 17.6 Å². The third kappa shape index (κ3) is 5.15. The van der Waals surface area contributed by atoms with E-state index in [2.05, 4.69) is 0 Å². The van der Waals surface area contributed by atoms with Crippen molar-refractivity contribution in [2.75, 3.05) is 26.3 Å². The molecule has 2 atom stereocenters. The van der Waals surface area contributed by atoms with Crippen molar-refractivity contribution in [1.82, 2.24) is 4.90 Å². The molecule has 0 radical (unpaired) electrons. The smallest absolute Gasteiger partial charge is 0.410 e. The van der Waals surface area contributed by atoms with Crippen LogP contribution in [0.5, 0.6) is 0 Å². The van der Waals surface area contributed by atoms with Gasteiger partial charge in [0.1, 0.15) is 5.60 Å². The van der Waals surface area contributed by atoms with Crippen LogP contribution in [0.1, 0.15) is 46.5 Å². The lowest BCUT2D eigenvalue weighted by molar-refractivity contribution is 0.0284. The SMILES string of the molecule is CC(C)(C)OC(=O)N1CCC(C(N)CC2CCOCC2)C1. The van der Waals surface area contributed by atoms with E-state index in [0.29, 0.717) is 11.8 Å². The first-order valence-electron chi connectivity index (χ1n) is 8.16. The quantitative estimate of drug-likeness (QED) is 0.869. The standard InChI is InChI=1S/C16H30N2O3/c1-16(2,3)21-15(19)18-7-4-13(11-18)14(17)10-12-5-8-20-9-6-12/h12-14H,4-11,17H2,1-3H3. The van der Waals surface area contributed by atoms with Gasteiger partial charge in [-0.05, 0) is 58.3 Å². The molecule has 5 nitrogen and oxygen atoms in total. The summed E-state index contributed by atoms with van der Waals surface area (Å²) in [5.41, 5.74) is 5.95. The molecular formula is C16H30N2O3. The van der Waals surface area contributed by atoms with Crippen LogP contribution in [0.3, 0.4) is 0 Å². The molecule has 0 aromatic carbocycles. The molecule has 0 bridgehead atoms. The van der Waals surface area contributed by atoms with E-state index >= 15 is 0 Å². The minimum Gasteiger partial charge on any atom is -0.444 e. The van der Waals surface area contributed by atoms with E-state index < -0.39 is 5.60 Å². The highest BCUT2D eigenvalue weighted by Crippen LogP contribution is 2.27. The largest absolute Gasteiger partial charge is 0.444 e. The molecule has 0 aliphatic carbocycles. The monoisotopic (exact) mass is 298 g/mol. The number of hydrogen-bond donors (Lipinski definition) is 1. The lowest BCUT2D eigenvalue weighted by Gasteiger charge is -2.28. The number of ether oxygens (including phenoxy) is 2. The van der Waals surface area contributed by atoms with E-state index in [-0.39, 0.29) is 12.1 Å². The summed E-state index contributed by atoms with van der Waals surface area (Å²) in [6.07, 6.45) is 4.08. The molecule has 0 aromatic heterocycles. The summed E-state index contributed by atoms with van der Waals surface area (Å²) in [6.45, 7) is 8.93. The van der Waals surface area contributed by atoms with Gasteiger partial charge in [-0.25, -0.2) is 4.79 Å². The first-order valence-corrected chi connectivity index (χ1v) is 8.16. The Hall–Kier alpha value is -0.810. The van der Waals surface area contributed by atoms with Gasteiger partial charge < -0.3 is 20.1 Å². The van der Waals surface area contributed by atoms with Crippen molar-refractivity contribution < 1.29 is 14.3 Å². The predicted octanol–water partition coefficient (Wildman–Crippen LogP) is 2.39. The van der Waals surface area contributed by atoms with Crippen LogP contribution in [0.2, 0.25) is 0 Å². The Bertz CT molecular complexity index is 348. The summed E-state index contributed by atoms with van der Waals surface area (Å²) in [5.74, 6) is 1.09. The molecule has 2 aliphatic heterocycles. The first kappa shape index (κ1) is 16.6. The van der Waals surface area contributed by atoms with Crippen LogP contribution in [0.4, 0.5) is 4.79 Å². The zero-order valence-electron chi connectivity index (χ0n) is 13.6. The van der Waals surface area contributed by atoms with Crippen molar-refractivity contribution in [3.05, 3.63) is 0 Å². The molecule has 2 saturated heterocycles. The Morgan fingerprint density at radius 3 is 2.62 bits per heavy atom. The summed E-state index contributed by atoms with van der Waals surface area (Å²) in [7, 11) is 0. The van der Waals surface area contributed by atoms with E-state index in [4.69, 9.17) is 15.2 Å². The fraction of sp³-hybridized carbons (Fsp3) is 0.938. The summed E-state index contributed by atoms with van der Waals surface area (Å²) in [5, 5.41) is 0. The van der Waals surface area contributed by atoms with Gasteiger partial charge in [0.25, 0.3) is 0 Å². The summed E-state index contributed by atoms with van der Waals surface area (Å²) >= 11 is 0. The zero-order valence-corrected chi connectivity index (χ0v) is 13.6. The fourth-order valence-corrected chi connectivity index (χ4v) is 3.19. The summed E-state index contributed by atoms with van der Waals surface area (Å²) < 4.78 is 10.8. The van der Waals surface area contributed by atoms with E-state index in [9.17, 15) is 4.79 Å². The van der Waals surface area contributed by atoms with Gasteiger partial charge in [0.2, 0.25) is 0 Å². The maximum absolute atomic E-state index is 12.1. The molecule has 0 saturated carbocycles. The van der Waals surface area contributed by atoms with Gasteiger partial charge in [0, 0.05) is 32.3 Å². The average molecular weight is 298 g/mol. The molecule has 1 amide bonds.